The van der Waals surface area contributed by atoms with Crippen LogP contribution in [0.5, 0.6) is 0 Å². The maximum Gasteiger partial charge on any atom is 0.291 e. The molecule has 6 nitrogen and oxygen atoms in total. The lowest BCUT2D eigenvalue weighted by molar-refractivity contribution is -0.385. The summed E-state index contributed by atoms with van der Waals surface area (Å²) in [6.07, 6.45) is 3.61. The fraction of sp³-hybridized carbons (Fsp3) is 0.583. The van der Waals surface area contributed by atoms with E-state index in [-0.39, 0.29) is 5.69 Å². The SMILES string of the molecule is Cc1c([N+](=O)[O-])cnc(NCC2CCNCC2)c1Br. The molecule has 19 heavy (non-hydrogen) atoms. The predicted molar refractivity (Wildman–Crippen MR) is 77.4 cm³/mol. The van der Waals surface area contributed by atoms with Crippen LogP contribution >= 0.6 is 15.9 Å². The van der Waals surface area contributed by atoms with Gasteiger partial charge in [0.25, 0.3) is 5.69 Å². The van der Waals surface area contributed by atoms with Crippen molar-refractivity contribution in [3.05, 3.63) is 26.3 Å². The quantitative estimate of drug-likeness (QED) is 0.655. The predicted octanol–water partition coefficient (Wildman–Crippen LogP) is 2.47. The van der Waals surface area contributed by atoms with Crippen molar-refractivity contribution in [2.75, 3.05) is 25.0 Å². The average molecular weight is 329 g/mol. The number of nitrogens with zero attached hydrogens (tertiary/aromatic N) is 2. The maximum atomic E-state index is 10.8. The zero-order valence-corrected chi connectivity index (χ0v) is 12.4. The number of nitrogens with one attached hydrogen (secondary N) is 2. The zero-order valence-electron chi connectivity index (χ0n) is 10.8. The van der Waals surface area contributed by atoms with E-state index in [1.54, 1.807) is 6.92 Å². The van der Waals surface area contributed by atoms with Crippen molar-refractivity contribution in [2.45, 2.75) is 19.8 Å². The molecule has 0 unspecified atom stereocenters. The van der Waals surface area contributed by atoms with Crippen LogP contribution in [0.4, 0.5) is 11.5 Å². The lowest BCUT2D eigenvalue weighted by Crippen LogP contribution is -2.31. The Morgan fingerprint density at radius 1 is 1.58 bits per heavy atom. The van der Waals surface area contributed by atoms with Crippen LogP contribution in [0.15, 0.2) is 10.7 Å². The third kappa shape index (κ3) is 3.42. The van der Waals surface area contributed by atoms with Crippen molar-refractivity contribution in [1.82, 2.24) is 10.3 Å². The molecule has 0 aliphatic carbocycles. The van der Waals surface area contributed by atoms with Crippen molar-refractivity contribution in [1.29, 1.82) is 0 Å². The van der Waals surface area contributed by atoms with E-state index in [4.69, 9.17) is 0 Å². The van der Waals surface area contributed by atoms with Crippen LogP contribution in [-0.4, -0.2) is 29.5 Å². The van der Waals surface area contributed by atoms with Crippen LogP contribution in [0.2, 0.25) is 0 Å². The van der Waals surface area contributed by atoms with E-state index < -0.39 is 4.92 Å². The van der Waals surface area contributed by atoms with E-state index in [0.29, 0.717) is 21.8 Å². The highest BCUT2D eigenvalue weighted by molar-refractivity contribution is 9.10. The van der Waals surface area contributed by atoms with Gasteiger partial charge in [-0.25, -0.2) is 4.98 Å². The number of piperidine rings is 1. The molecule has 1 aliphatic heterocycles. The minimum atomic E-state index is -0.413. The van der Waals surface area contributed by atoms with Gasteiger partial charge in [-0.05, 0) is 54.7 Å². The first kappa shape index (κ1) is 14.2. The van der Waals surface area contributed by atoms with Crippen LogP contribution < -0.4 is 10.6 Å². The number of nitro groups is 1. The van der Waals surface area contributed by atoms with Gasteiger partial charge in [0.15, 0.2) is 0 Å². The summed E-state index contributed by atoms with van der Waals surface area (Å²) in [5.74, 6) is 1.31. The molecule has 2 N–H and O–H groups in total. The minimum absolute atomic E-state index is 0.0410. The molecule has 0 aromatic carbocycles. The summed E-state index contributed by atoms with van der Waals surface area (Å²) in [6.45, 7) is 4.69. The minimum Gasteiger partial charge on any atom is -0.369 e. The average Bonchev–Trinajstić information content (AvgIpc) is 2.41. The first-order chi connectivity index (χ1) is 9.09. The van der Waals surface area contributed by atoms with Crippen molar-refractivity contribution in [3.8, 4) is 0 Å². The number of pyridine rings is 1. The smallest absolute Gasteiger partial charge is 0.291 e. The number of aromatic nitrogens is 1. The molecule has 1 aromatic heterocycles. The van der Waals surface area contributed by atoms with Crippen molar-refractivity contribution in [2.24, 2.45) is 5.92 Å². The van der Waals surface area contributed by atoms with E-state index >= 15 is 0 Å². The summed E-state index contributed by atoms with van der Waals surface area (Å²) in [5.41, 5.74) is 0.645. The highest BCUT2D eigenvalue weighted by Gasteiger charge is 2.18. The van der Waals surface area contributed by atoms with Gasteiger partial charge >= 0.3 is 0 Å². The van der Waals surface area contributed by atoms with Crippen molar-refractivity contribution in [3.63, 3.8) is 0 Å². The van der Waals surface area contributed by atoms with E-state index in [0.717, 1.165) is 32.5 Å². The number of hydrogen-bond donors (Lipinski definition) is 2. The van der Waals surface area contributed by atoms with Crippen LogP contribution in [0.3, 0.4) is 0 Å². The van der Waals surface area contributed by atoms with Crippen LogP contribution in [0.1, 0.15) is 18.4 Å². The molecule has 0 saturated carbocycles. The van der Waals surface area contributed by atoms with E-state index in [1.165, 1.54) is 6.20 Å². The Balaban J connectivity index is 2.04. The van der Waals surface area contributed by atoms with Gasteiger partial charge in [0.2, 0.25) is 0 Å². The summed E-state index contributed by atoms with van der Waals surface area (Å²) >= 11 is 3.38. The van der Waals surface area contributed by atoms with Crippen LogP contribution in [0.25, 0.3) is 0 Å². The standard InChI is InChI=1S/C12H17BrN4O2/c1-8-10(17(18)19)7-16-12(11(8)13)15-6-9-2-4-14-5-3-9/h7,9,14H,2-6H2,1H3,(H,15,16). The number of anilines is 1. The Hall–Kier alpha value is -1.21. The first-order valence-electron chi connectivity index (χ1n) is 6.33. The fourth-order valence-electron chi connectivity index (χ4n) is 2.20. The highest BCUT2D eigenvalue weighted by Crippen LogP contribution is 2.30. The maximum absolute atomic E-state index is 10.8. The fourth-order valence-corrected chi connectivity index (χ4v) is 2.65. The molecular weight excluding hydrogens is 312 g/mol. The third-order valence-corrected chi connectivity index (χ3v) is 4.42. The van der Waals surface area contributed by atoms with Gasteiger partial charge in [0, 0.05) is 12.1 Å². The van der Waals surface area contributed by atoms with Crippen LogP contribution in [0, 0.1) is 23.0 Å². The molecule has 104 valence electrons. The van der Waals surface area contributed by atoms with Gasteiger partial charge < -0.3 is 10.6 Å². The summed E-state index contributed by atoms with van der Waals surface area (Å²) in [5, 5.41) is 17.4. The summed E-state index contributed by atoms with van der Waals surface area (Å²) in [4.78, 5) is 14.5. The second-order valence-electron chi connectivity index (χ2n) is 4.76. The molecule has 0 radical (unpaired) electrons. The molecule has 0 spiro atoms. The molecule has 2 rings (SSSR count). The van der Waals surface area contributed by atoms with Crippen molar-refractivity contribution < 1.29 is 4.92 Å². The van der Waals surface area contributed by atoms with Gasteiger partial charge in [-0.2, -0.15) is 0 Å². The first-order valence-corrected chi connectivity index (χ1v) is 7.13. The lowest BCUT2D eigenvalue weighted by atomic mass is 9.98. The Morgan fingerprint density at radius 3 is 2.89 bits per heavy atom. The summed E-state index contributed by atoms with van der Waals surface area (Å²) in [6, 6.07) is 0. The van der Waals surface area contributed by atoms with Crippen LogP contribution in [-0.2, 0) is 0 Å². The Labute approximate surface area is 120 Å². The molecule has 1 saturated heterocycles. The van der Waals surface area contributed by atoms with Gasteiger partial charge in [-0.3, -0.25) is 10.1 Å². The summed E-state index contributed by atoms with van der Waals surface area (Å²) in [7, 11) is 0. The normalized spacial score (nSPS) is 16.3. The molecule has 2 heterocycles. The molecule has 1 aromatic rings. The van der Waals surface area contributed by atoms with Gasteiger partial charge in [0.05, 0.1) is 9.40 Å². The van der Waals surface area contributed by atoms with Gasteiger partial charge in [-0.15, -0.1) is 0 Å². The molecular formula is C12H17BrN4O2. The zero-order chi connectivity index (χ0) is 13.8. The van der Waals surface area contributed by atoms with Gasteiger partial charge in [0.1, 0.15) is 12.0 Å². The monoisotopic (exact) mass is 328 g/mol. The number of halogens is 1. The molecule has 1 aliphatic rings. The third-order valence-electron chi connectivity index (χ3n) is 3.45. The van der Waals surface area contributed by atoms with E-state index in [9.17, 15) is 10.1 Å². The number of hydrogen-bond acceptors (Lipinski definition) is 5. The Morgan fingerprint density at radius 2 is 2.26 bits per heavy atom. The lowest BCUT2D eigenvalue weighted by Gasteiger charge is -2.23. The summed E-state index contributed by atoms with van der Waals surface area (Å²) < 4.78 is 0.677. The topological polar surface area (TPSA) is 80.1 Å². The second kappa shape index (κ2) is 6.29. The Bertz CT molecular complexity index is 475. The molecule has 7 heteroatoms. The molecule has 0 atom stereocenters. The van der Waals surface area contributed by atoms with Gasteiger partial charge in [-0.1, -0.05) is 0 Å². The Kier molecular flexibility index (Phi) is 4.71. The molecule has 0 amide bonds. The van der Waals surface area contributed by atoms with E-state index in [1.807, 2.05) is 0 Å². The highest BCUT2D eigenvalue weighted by atomic mass is 79.9. The largest absolute Gasteiger partial charge is 0.369 e. The number of rotatable bonds is 4. The molecule has 1 fully saturated rings. The van der Waals surface area contributed by atoms with E-state index in [2.05, 4.69) is 31.5 Å². The second-order valence-corrected chi connectivity index (χ2v) is 5.56. The van der Waals surface area contributed by atoms with Crippen molar-refractivity contribution >= 4 is 27.4 Å². The molecule has 0 bridgehead atoms.